The first-order chi connectivity index (χ1) is 16.4. The Kier molecular flexibility index (Phi) is 7.91. The van der Waals surface area contributed by atoms with Gasteiger partial charge in [0.25, 0.3) is 5.91 Å². The maximum Gasteiger partial charge on any atom is 0.251 e. The molecule has 8 heteroatoms. The molecule has 2 aliphatic heterocycles. The second-order valence-corrected chi connectivity index (χ2v) is 11.1. The lowest BCUT2D eigenvalue weighted by Gasteiger charge is -2.32. The van der Waals surface area contributed by atoms with Crippen LogP contribution in [0, 0.1) is 0 Å². The lowest BCUT2D eigenvalue weighted by molar-refractivity contribution is 0.0937. The summed E-state index contributed by atoms with van der Waals surface area (Å²) < 4.78 is 33.3. The van der Waals surface area contributed by atoms with Gasteiger partial charge in [0.05, 0.1) is 18.0 Å². The summed E-state index contributed by atoms with van der Waals surface area (Å²) in [5.41, 5.74) is 1.51. The molecular weight excluding hydrogens is 450 g/mol. The fourth-order valence-corrected chi connectivity index (χ4v) is 6.76. The number of methoxy groups -OCH3 is 1. The van der Waals surface area contributed by atoms with Crippen molar-refractivity contribution in [1.82, 2.24) is 14.5 Å². The van der Waals surface area contributed by atoms with Crippen LogP contribution in [0.1, 0.15) is 61.0 Å². The van der Waals surface area contributed by atoms with E-state index in [1.807, 2.05) is 25.1 Å². The number of amides is 1. The number of carbonyl (C=O) groups excluding carboxylic acids is 1. The minimum Gasteiger partial charge on any atom is -0.496 e. The SMILES string of the molecule is COc1ccccc1[C@@H](CNC(=O)c1ccc(S(=O)(=O)N2CCCC[C@H]2C)cc1)N1CCCC1. The second kappa shape index (κ2) is 10.9. The van der Waals surface area contributed by atoms with Gasteiger partial charge in [0, 0.05) is 30.3 Å². The highest BCUT2D eigenvalue weighted by Crippen LogP contribution is 2.31. The molecule has 1 amide bonds. The Balaban J connectivity index is 1.46. The Labute approximate surface area is 203 Å². The van der Waals surface area contributed by atoms with Crippen LogP contribution in [-0.2, 0) is 10.0 Å². The van der Waals surface area contributed by atoms with E-state index in [1.165, 1.54) is 0 Å². The van der Waals surface area contributed by atoms with Gasteiger partial charge in [-0.1, -0.05) is 24.6 Å². The standard InChI is InChI=1S/C26H35N3O4S/c1-20-9-5-6-18-29(20)34(31,32)22-14-12-21(13-15-22)26(30)27-19-24(28-16-7-8-17-28)23-10-3-4-11-25(23)33-2/h3-4,10-15,20,24H,5-9,16-19H2,1-2H3,(H,27,30)/t20-,24-/m1/s1. The molecule has 0 bridgehead atoms. The first-order valence-electron chi connectivity index (χ1n) is 12.2. The first kappa shape index (κ1) is 24.7. The zero-order chi connectivity index (χ0) is 24.1. The van der Waals surface area contributed by atoms with Crippen molar-refractivity contribution in [3.05, 3.63) is 59.7 Å². The minimum atomic E-state index is -3.55. The maximum absolute atomic E-state index is 13.1. The summed E-state index contributed by atoms with van der Waals surface area (Å²) in [5, 5.41) is 3.06. The molecule has 2 atom stereocenters. The number of carbonyl (C=O) groups is 1. The quantitative estimate of drug-likeness (QED) is 0.615. The molecule has 0 aromatic heterocycles. The van der Waals surface area contributed by atoms with Crippen molar-refractivity contribution in [3.63, 3.8) is 0 Å². The number of nitrogens with one attached hydrogen (secondary N) is 1. The number of para-hydroxylation sites is 1. The van der Waals surface area contributed by atoms with Gasteiger partial charge in [-0.25, -0.2) is 8.42 Å². The predicted molar refractivity (Wildman–Crippen MR) is 133 cm³/mol. The number of sulfonamides is 1. The molecule has 2 saturated heterocycles. The van der Waals surface area contributed by atoms with Crippen LogP contribution in [0.25, 0.3) is 0 Å². The Hall–Kier alpha value is -2.42. The van der Waals surface area contributed by atoms with Gasteiger partial charge in [0.2, 0.25) is 10.0 Å². The molecule has 34 heavy (non-hydrogen) atoms. The van der Waals surface area contributed by atoms with Crippen LogP contribution >= 0.6 is 0 Å². The van der Waals surface area contributed by atoms with Crippen molar-refractivity contribution in [3.8, 4) is 5.75 Å². The van der Waals surface area contributed by atoms with E-state index in [1.54, 1.807) is 35.7 Å². The molecule has 2 aromatic rings. The van der Waals surface area contributed by atoms with Crippen LogP contribution in [0.4, 0.5) is 0 Å². The summed E-state index contributed by atoms with van der Waals surface area (Å²) in [6.45, 7) is 4.92. The molecule has 4 rings (SSSR count). The van der Waals surface area contributed by atoms with E-state index in [9.17, 15) is 13.2 Å². The van der Waals surface area contributed by atoms with Gasteiger partial charge in [0.1, 0.15) is 5.75 Å². The molecule has 2 aliphatic rings. The zero-order valence-corrected chi connectivity index (χ0v) is 20.9. The molecule has 1 N–H and O–H groups in total. The van der Waals surface area contributed by atoms with E-state index in [-0.39, 0.29) is 22.9 Å². The average molecular weight is 486 g/mol. The summed E-state index contributed by atoms with van der Waals surface area (Å²) in [7, 11) is -1.89. The minimum absolute atomic E-state index is 0.000719. The third-order valence-corrected chi connectivity index (χ3v) is 9.03. The summed E-state index contributed by atoms with van der Waals surface area (Å²) in [4.78, 5) is 15.6. The van der Waals surface area contributed by atoms with E-state index < -0.39 is 10.0 Å². The van der Waals surface area contributed by atoms with Crippen LogP contribution in [0.5, 0.6) is 5.75 Å². The third kappa shape index (κ3) is 5.29. The van der Waals surface area contributed by atoms with Crippen LogP contribution < -0.4 is 10.1 Å². The molecule has 0 unspecified atom stereocenters. The van der Waals surface area contributed by atoms with Gasteiger partial charge in [-0.2, -0.15) is 4.31 Å². The number of piperidine rings is 1. The number of hydrogen-bond acceptors (Lipinski definition) is 5. The number of likely N-dealkylation sites (tertiary alicyclic amines) is 1. The van der Waals surface area contributed by atoms with Crippen molar-refractivity contribution < 1.29 is 17.9 Å². The number of rotatable bonds is 8. The molecule has 2 heterocycles. The van der Waals surface area contributed by atoms with Crippen molar-refractivity contribution in [2.45, 2.75) is 56.0 Å². The Bertz CT molecular complexity index is 1080. The van der Waals surface area contributed by atoms with E-state index in [2.05, 4.69) is 16.3 Å². The maximum atomic E-state index is 13.1. The smallest absolute Gasteiger partial charge is 0.251 e. The van der Waals surface area contributed by atoms with Crippen molar-refractivity contribution in [2.24, 2.45) is 0 Å². The highest BCUT2D eigenvalue weighted by molar-refractivity contribution is 7.89. The largest absolute Gasteiger partial charge is 0.496 e. The number of ether oxygens (including phenoxy) is 1. The number of hydrogen-bond donors (Lipinski definition) is 1. The molecule has 2 fully saturated rings. The Morgan fingerprint density at radius 3 is 2.38 bits per heavy atom. The van der Waals surface area contributed by atoms with Gasteiger partial charge in [-0.15, -0.1) is 0 Å². The summed E-state index contributed by atoms with van der Waals surface area (Å²) in [6, 6.07) is 14.2. The number of nitrogens with zero attached hydrogens (tertiary/aromatic N) is 2. The Morgan fingerprint density at radius 1 is 1.03 bits per heavy atom. The highest BCUT2D eigenvalue weighted by Gasteiger charge is 2.31. The second-order valence-electron chi connectivity index (χ2n) is 9.20. The van der Waals surface area contributed by atoms with E-state index in [0.717, 1.165) is 56.5 Å². The third-order valence-electron chi connectivity index (χ3n) is 7.00. The summed E-state index contributed by atoms with van der Waals surface area (Å²) in [6.07, 6.45) is 5.11. The fraction of sp³-hybridized carbons (Fsp3) is 0.500. The lowest BCUT2D eigenvalue weighted by atomic mass is 10.0. The molecule has 0 radical (unpaired) electrons. The molecule has 2 aromatic carbocycles. The highest BCUT2D eigenvalue weighted by atomic mass is 32.2. The first-order valence-corrected chi connectivity index (χ1v) is 13.6. The van der Waals surface area contributed by atoms with Crippen LogP contribution in [0.2, 0.25) is 0 Å². The molecule has 0 aliphatic carbocycles. The van der Waals surface area contributed by atoms with E-state index in [4.69, 9.17) is 4.74 Å². The average Bonchev–Trinajstić information content (AvgIpc) is 3.39. The van der Waals surface area contributed by atoms with Crippen molar-refractivity contribution in [2.75, 3.05) is 33.3 Å². The van der Waals surface area contributed by atoms with Gasteiger partial charge in [-0.05, 0) is 76.0 Å². The zero-order valence-electron chi connectivity index (χ0n) is 20.1. The van der Waals surface area contributed by atoms with Crippen LogP contribution in [0.3, 0.4) is 0 Å². The van der Waals surface area contributed by atoms with Crippen molar-refractivity contribution >= 4 is 15.9 Å². The molecule has 7 nitrogen and oxygen atoms in total. The van der Waals surface area contributed by atoms with Gasteiger partial charge >= 0.3 is 0 Å². The van der Waals surface area contributed by atoms with E-state index in [0.29, 0.717) is 18.7 Å². The predicted octanol–water partition coefficient (Wildman–Crippen LogP) is 3.83. The fourth-order valence-electron chi connectivity index (χ4n) is 5.06. The van der Waals surface area contributed by atoms with Crippen LogP contribution in [0.15, 0.2) is 53.4 Å². The van der Waals surface area contributed by atoms with Gasteiger partial charge in [0.15, 0.2) is 0 Å². The van der Waals surface area contributed by atoms with Crippen LogP contribution in [-0.4, -0.2) is 62.9 Å². The molecule has 184 valence electrons. The summed E-state index contributed by atoms with van der Waals surface area (Å²) in [5.74, 6) is 0.601. The van der Waals surface area contributed by atoms with Crippen molar-refractivity contribution in [1.29, 1.82) is 0 Å². The Morgan fingerprint density at radius 2 is 1.71 bits per heavy atom. The number of benzene rings is 2. The molecular formula is C26H35N3O4S. The summed E-state index contributed by atoms with van der Waals surface area (Å²) >= 11 is 0. The van der Waals surface area contributed by atoms with Gasteiger partial charge < -0.3 is 10.1 Å². The van der Waals surface area contributed by atoms with Gasteiger partial charge in [-0.3, -0.25) is 9.69 Å². The lowest BCUT2D eigenvalue weighted by Crippen LogP contribution is -2.41. The molecule has 0 spiro atoms. The van der Waals surface area contributed by atoms with E-state index >= 15 is 0 Å². The normalized spacial score (nSPS) is 20.7. The molecule has 0 saturated carbocycles. The topological polar surface area (TPSA) is 78.9 Å². The monoisotopic (exact) mass is 485 g/mol.